The van der Waals surface area contributed by atoms with Crippen LogP contribution < -0.4 is 16.2 Å². The van der Waals surface area contributed by atoms with Gasteiger partial charge in [0.15, 0.2) is 0 Å². The molecule has 34 heavy (non-hydrogen) atoms. The lowest BCUT2D eigenvalue weighted by Crippen LogP contribution is -2.27. The van der Waals surface area contributed by atoms with E-state index in [-0.39, 0.29) is 11.5 Å². The highest BCUT2D eigenvalue weighted by Crippen LogP contribution is 2.35. The van der Waals surface area contributed by atoms with E-state index in [1.165, 1.54) is 10.6 Å². The monoisotopic (exact) mass is 490 g/mol. The van der Waals surface area contributed by atoms with Crippen LogP contribution in [0.5, 0.6) is 0 Å². The lowest BCUT2D eigenvalue weighted by atomic mass is 10.1. The molecule has 0 saturated carbocycles. The number of benzene rings is 2. The highest BCUT2D eigenvalue weighted by atomic mass is 35.5. The number of rotatable bonds is 4. The van der Waals surface area contributed by atoms with Crippen molar-refractivity contribution in [2.24, 2.45) is 0 Å². The van der Waals surface area contributed by atoms with Gasteiger partial charge in [-0.2, -0.15) is 0 Å². The number of amides is 2. The first-order chi connectivity index (χ1) is 16.4. The second-order valence-corrected chi connectivity index (χ2v) is 8.36. The van der Waals surface area contributed by atoms with Crippen LogP contribution in [0.3, 0.4) is 0 Å². The number of nitrogens with one attached hydrogen (secondary N) is 3. The maximum atomic E-state index is 13.0. The van der Waals surface area contributed by atoms with Crippen LogP contribution in [0, 0.1) is 0 Å². The zero-order chi connectivity index (χ0) is 23.8. The summed E-state index contributed by atoms with van der Waals surface area (Å²) >= 11 is 12.0. The van der Waals surface area contributed by atoms with Crippen molar-refractivity contribution in [2.75, 3.05) is 10.6 Å². The lowest BCUT2D eigenvalue weighted by Gasteiger charge is -2.10. The summed E-state index contributed by atoms with van der Waals surface area (Å²) in [6.07, 6.45) is 5.08. The smallest absolute Gasteiger partial charge is 0.267 e. The number of carbonyl (C=O) groups excluding carboxylic acids is 2. The van der Waals surface area contributed by atoms with Gasteiger partial charge in [0.2, 0.25) is 0 Å². The third-order valence-electron chi connectivity index (χ3n) is 5.36. The van der Waals surface area contributed by atoms with Crippen LogP contribution in [0.4, 0.5) is 11.4 Å². The minimum absolute atomic E-state index is 0.0505. The SMILES string of the molecule is O=C1Nc2cc(NC(=O)c3cccn(-c4ccc(Cl)c(Cl)c4)c3=O)ccc2/C1=C/c1ccc[nH]1. The Morgan fingerprint density at radius 1 is 0.971 bits per heavy atom. The summed E-state index contributed by atoms with van der Waals surface area (Å²) < 4.78 is 1.32. The number of nitrogens with zero attached hydrogens (tertiary/aromatic N) is 1. The van der Waals surface area contributed by atoms with Gasteiger partial charge in [-0.15, -0.1) is 0 Å². The number of carbonyl (C=O) groups is 2. The number of H-pyrrole nitrogens is 1. The number of fused-ring (bicyclic) bond motifs is 1. The first-order valence-corrected chi connectivity index (χ1v) is 11.0. The van der Waals surface area contributed by atoms with Crippen molar-refractivity contribution < 1.29 is 9.59 Å². The van der Waals surface area contributed by atoms with Gasteiger partial charge in [-0.25, -0.2) is 0 Å². The fourth-order valence-corrected chi connectivity index (χ4v) is 4.00. The number of aromatic amines is 1. The Morgan fingerprint density at radius 3 is 2.59 bits per heavy atom. The number of anilines is 2. The number of hydrogen-bond donors (Lipinski definition) is 3. The van der Waals surface area contributed by atoms with Gasteiger partial charge in [0, 0.05) is 29.3 Å². The molecule has 0 bridgehead atoms. The summed E-state index contributed by atoms with van der Waals surface area (Å²) in [7, 11) is 0. The van der Waals surface area contributed by atoms with E-state index in [1.54, 1.807) is 60.9 Å². The molecule has 3 heterocycles. The minimum Gasteiger partial charge on any atom is -0.362 e. The van der Waals surface area contributed by atoms with E-state index < -0.39 is 11.5 Å². The van der Waals surface area contributed by atoms with E-state index in [0.29, 0.717) is 32.7 Å². The fourth-order valence-electron chi connectivity index (χ4n) is 3.71. The summed E-state index contributed by atoms with van der Waals surface area (Å²) in [6, 6.07) is 16.6. The molecule has 2 aromatic carbocycles. The van der Waals surface area contributed by atoms with Gasteiger partial charge in [-0.05, 0) is 60.7 Å². The van der Waals surface area contributed by atoms with E-state index in [9.17, 15) is 14.4 Å². The van der Waals surface area contributed by atoms with Crippen molar-refractivity contribution in [3.63, 3.8) is 0 Å². The molecule has 9 heteroatoms. The fraction of sp³-hybridized carbons (Fsp3) is 0. The second kappa shape index (κ2) is 8.70. The Labute approximate surface area is 203 Å². The van der Waals surface area contributed by atoms with Crippen molar-refractivity contribution in [3.8, 4) is 5.69 Å². The number of pyridine rings is 1. The normalized spacial score (nSPS) is 13.6. The quantitative estimate of drug-likeness (QED) is 0.342. The summed E-state index contributed by atoms with van der Waals surface area (Å²) in [5, 5.41) is 6.19. The van der Waals surface area contributed by atoms with E-state index in [4.69, 9.17) is 23.2 Å². The zero-order valence-electron chi connectivity index (χ0n) is 17.4. The van der Waals surface area contributed by atoms with E-state index in [0.717, 1.165) is 11.3 Å². The maximum Gasteiger partial charge on any atom is 0.267 e. The topological polar surface area (TPSA) is 96.0 Å². The molecule has 0 atom stereocenters. The van der Waals surface area contributed by atoms with Gasteiger partial charge in [0.1, 0.15) is 5.56 Å². The molecule has 0 aliphatic carbocycles. The zero-order valence-corrected chi connectivity index (χ0v) is 18.9. The molecule has 7 nitrogen and oxygen atoms in total. The van der Waals surface area contributed by atoms with Crippen LogP contribution in [0.25, 0.3) is 17.3 Å². The summed E-state index contributed by atoms with van der Waals surface area (Å²) in [6.45, 7) is 0. The molecule has 2 aromatic heterocycles. The molecular formula is C25H16Cl2N4O3. The Balaban J connectivity index is 1.42. The van der Waals surface area contributed by atoms with E-state index in [2.05, 4.69) is 15.6 Å². The summed E-state index contributed by atoms with van der Waals surface area (Å²) in [5.41, 5.74) is 2.97. The Bertz CT molecular complexity index is 1540. The van der Waals surface area contributed by atoms with Crippen molar-refractivity contribution >= 4 is 58.0 Å². The number of aromatic nitrogens is 2. The van der Waals surface area contributed by atoms with Crippen LogP contribution in [-0.2, 0) is 4.79 Å². The molecule has 0 spiro atoms. The number of hydrogen-bond acceptors (Lipinski definition) is 3. The lowest BCUT2D eigenvalue weighted by molar-refractivity contribution is -0.110. The molecule has 4 aromatic rings. The largest absolute Gasteiger partial charge is 0.362 e. The van der Waals surface area contributed by atoms with Crippen molar-refractivity contribution in [1.82, 2.24) is 9.55 Å². The van der Waals surface area contributed by atoms with Crippen LogP contribution in [-0.4, -0.2) is 21.4 Å². The highest BCUT2D eigenvalue weighted by molar-refractivity contribution is 6.42. The van der Waals surface area contributed by atoms with Gasteiger partial charge in [-0.3, -0.25) is 19.0 Å². The van der Waals surface area contributed by atoms with Crippen LogP contribution in [0.15, 0.2) is 77.9 Å². The Hall–Kier alpha value is -4.07. The Kier molecular flexibility index (Phi) is 5.57. The molecule has 0 fully saturated rings. The van der Waals surface area contributed by atoms with Gasteiger partial charge in [0.05, 0.1) is 27.0 Å². The molecule has 1 aliphatic heterocycles. The standard InChI is InChI=1S/C25H16Cl2N4O3/c26-20-8-6-16(13-21(20)27)31-10-2-4-18(25(31)34)23(32)29-15-5-7-17-19(11-14-3-1-9-28-14)24(33)30-22(17)12-15/h1-13,28H,(H,29,32)(H,30,33)/b19-11-. The van der Waals surface area contributed by atoms with Crippen LogP contribution >= 0.6 is 23.2 Å². The molecule has 0 saturated heterocycles. The molecule has 1 aliphatic rings. The third kappa shape index (κ3) is 4.03. The average Bonchev–Trinajstić information content (AvgIpc) is 3.43. The molecule has 3 N–H and O–H groups in total. The highest BCUT2D eigenvalue weighted by Gasteiger charge is 2.25. The first kappa shape index (κ1) is 21.8. The molecule has 168 valence electrons. The third-order valence-corrected chi connectivity index (χ3v) is 6.09. The van der Waals surface area contributed by atoms with E-state index >= 15 is 0 Å². The predicted molar refractivity (Wildman–Crippen MR) is 134 cm³/mol. The average molecular weight is 491 g/mol. The van der Waals surface area contributed by atoms with Crippen molar-refractivity contribution in [2.45, 2.75) is 0 Å². The maximum absolute atomic E-state index is 13.0. The van der Waals surface area contributed by atoms with Crippen molar-refractivity contribution in [1.29, 1.82) is 0 Å². The van der Waals surface area contributed by atoms with Crippen LogP contribution in [0.1, 0.15) is 21.6 Å². The van der Waals surface area contributed by atoms with Crippen molar-refractivity contribution in [3.05, 3.63) is 110 Å². The molecule has 0 radical (unpaired) electrons. The van der Waals surface area contributed by atoms with Crippen LogP contribution in [0.2, 0.25) is 10.0 Å². The molecule has 0 unspecified atom stereocenters. The minimum atomic E-state index is -0.578. The molecule has 5 rings (SSSR count). The van der Waals surface area contributed by atoms with E-state index in [1.807, 2.05) is 12.1 Å². The van der Waals surface area contributed by atoms with Gasteiger partial charge < -0.3 is 15.6 Å². The Morgan fingerprint density at radius 2 is 1.82 bits per heavy atom. The summed E-state index contributed by atoms with van der Waals surface area (Å²) in [4.78, 5) is 41.4. The van der Waals surface area contributed by atoms with Gasteiger partial charge in [0.25, 0.3) is 17.4 Å². The number of halogens is 2. The van der Waals surface area contributed by atoms with Gasteiger partial charge in [-0.1, -0.05) is 29.3 Å². The first-order valence-electron chi connectivity index (χ1n) is 10.2. The molecule has 2 amide bonds. The molecular weight excluding hydrogens is 475 g/mol. The summed E-state index contributed by atoms with van der Waals surface area (Å²) in [5.74, 6) is -0.813. The second-order valence-electron chi connectivity index (χ2n) is 7.55. The van der Waals surface area contributed by atoms with Gasteiger partial charge >= 0.3 is 0 Å². The predicted octanol–water partition coefficient (Wildman–Crippen LogP) is 5.22.